The van der Waals surface area contributed by atoms with E-state index in [9.17, 15) is 9.59 Å². The van der Waals surface area contributed by atoms with E-state index in [0.29, 0.717) is 42.1 Å². The molecular weight excluding hydrogens is 510 g/mol. The van der Waals surface area contributed by atoms with E-state index in [-0.39, 0.29) is 11.7 Å². The standard InChI is InChI=1S/C31H31N3O4S/c1-19-6-7-23(38-16-22-10-12-34(22)3)15-25(19)30(36)33-31(17-37-18-31)26-13-21(14-27-24(26)5-4-11-32-27)29-9-8-28(39-29)20(2)35/h4-9,11,13-15,22H,10,12,16-18H2,1-3H3,(H,33,36)/t22-/m0/s1. The number of carbonyl (C=O) groups excluding carboxylic acids is 2. The van der Waals surface area contributed by atoms with Crippen molar-refractivity contribution in [1.29, 1.82) is 0 Å². The average Bonchev–Trinajstić information content (AvgIpc) is 3.41. The number of nitrogens with zero attached hydrogens (tertiary/aromatic N) is 2. The fraction of sp³-hybridized carbons (Fsp3) is 0.323. The molecule has 2 aromatic heterocycles. The lowest BCUT2D eigenvalue weighted by Crippen LogP contribution is -2.59. The van der Waals surface area contributed by atoms with Crippen LogP contribution in [0.1, 0.15) is 44.5 Å². The molecule has 4 heterocycles. The summed E-state index contributed by atoms with van der Waals surface area (Å²) in [6.07, 6.45) is 2.89. The Morgan fingerprint density at radius 3 is 2.69 bits per heavy atom. The smallest absolute Gasteiger partial charge is 0.252 e. The Kier molecular flexibility index (Phi) is 6.71. The van der Waals surface area contributed by atoms with Gasteiger partial charge in [-0.1, -0.05) is 12.1 Å². The summed E-state index contributed by atoms with van der Waals surface area (Å²) in [6, 6.07) is 18.0. The number of nitrogens with one attached hydrogen (secondary N) is 1. The summed E-state index contributed by atoms with van der Waals surface area (Å²) in [6.45, 7) is 5.93. The molecule has 0 bridgehead atoms. The van der Waals surface area contributed by atoms with Gasteiger partial charge >= 0.3 is 0 Å². The number of carbonyl (C=O) groups is 2. The molecule has 6 rings (SSSR count). The maximum atomic E-state index is 13.7. The first kappa shape index (κ1) is 25.7. The van der Waals surface area contributed by atoms with Crippen LogP contribution in [-0.2, 0) is 10.3 Å². The van der Waals surface area contributed by atoms with Gasteiger partial charge < -0.3 is 14.8 Å². The van der Waals surface area contributed by atoms with E-state index in [0.717, 1.165) is 45.4 Å². The summed E-state index contributed by atoms with van der Waals surface area (Å²) in [5.41, 5.74) is 3.51. The van der Waals surface area contributed by atoms with Gasteiger partial charge in [0.2, 0.25) is 0 Å². The molecule has 2 aromatic carbocycles. The van der Waals surface area contributed by atoms with Crippen LogP contribution in [0.5, 0.6) is 5.75 Å². The Labute approximate surface area is 231 Å². The van der Waals surface area contributed by atoms with Gasteiger partial charge in [0.1, 0.15) is 17.9 Å². The number of benzene rings is 2. The fourth-order valence-electron chi connectivity index (χ4n) is 5.20. The molecule has 200 valence electrons. The minimum Gasteiger partial charge on any atom is -0.492 e. The highest BCUT2D eigenvalue weighted by Gasteiger charge is 2.43. The van der Waals surface area contributed by atoms with Crippen molar-refractivity contribution < 1.29 is 19.1 Å². The number of thiophene rings is 1. The second kappa shape index (κ2) is 10.2. The number of pyridine rings is 1. The number of aromatic nitrogens is 1. The van der Waals surface area contributed by atoms with Crippen LogP contribution in [-0.4, -0.2) is 61.0 Å². The first-order chi connectivity index (χ1) is 18.8. The summed E-state index contributed by atoms with van der Waals surface area (Å²) in [5, 5.41) is 4.28. The van der Waals surface area contributed by atoms with Crippen LogP contribution in [0, 0.1) is 6.92 Å². The molecule has 1 N–H and O–H groups in total. The highest BCUT2D eigenvalue weighted by Crippen LogP contribution is 2.39. The third kappa shape index (κ3) is 4.84. The van der Waals surface area contributed by atoms with Crippen LogP contribution in [0.15, 0.2) is 60.8 Å². The quantitative estimate of drug-likeness (QED) is 0.309. The molecule has 2 aliphatic heterocycles. The SMILES string of the molecule is CC(=O)c1ccc(-c2cc(C3(NC(=O)c4cc(OC[C@@H]5CCN5C)ccc4C)COC3)c3cccnc3c2)s1. The number of fused-ring (bicyclic) bond motifs is 1. The molecule has 0 aliphatic carbocycles. The van der Waals surface area contributed by atoms with Crippen LogP contribution in [0.4, 0.5) is 0 Å². The molecular formula is C31H31N3O4S. The Bertz CT molecular complexity index is 1580. The predicted molar refractivity (Wildman–Crippen MR) is 153 cm³/mol. The highest BCUT2D eigenvalue weighted by molar-refractivity contribution is 7.17. The van der Waals surface area contributed by atoms with Crippen LogP contribution in [0.25, 0.3) is 21.3 Å². The molecule has 8 heteroatoms. The Morgan fingerprint density at radius 1 is 1.18 bits per heavy atom. The topological polar surface area (TPSA) is 80.8 Å². The van der Waals surface area contributed by atoms with Crippen molar-refractivity contribution in [3.8, 4) is 16.2 Å². The van der Waals surface area contributed by atoms with Crippen LogP contribution < -0.4 is 10.1 Å². The van der Waals surface area contributed by atoms with E-state index in [1.54, 1.807) is 13.1 Å². The third-order valence-corrected chi connectivity index (χ3v) is 9.09. The molecule has 2 fully saturated rings. The Balaban J connectivity index is 1.33. The minimum absolute atomic E-state index is 0.0443. The maximum Gasteiger partial charge on any atom is 0.252 e. The minimum atomic E-state index is -0.701. The van der Waals surface area contributed by atoms with Gasteiger partial charge in [0.25, 0.3) is 5.91 Å². The van der Waals surface area contributed by atoms with Gasteiger partial charge in [-0.2, -0.15) is 0 Å². The van der Waals surface area contributed by atoms with E-state index in [4.69, 9.17) is 9.47 Å². The maximum absolute atomic E-state index is 13.7. The molecule has 4 aromatic rings. The van der Waals surface area contributed by atoms with Gasteiger partial charge in [0, 0.05) is 28.1 Å². The van der Waals surface area contributed by atoms with Crippen molar-refractivity contribution in [1.82, 2.24) is 15.2 Å². The first-order valence-corrected chi connectivity index (χ1v) is 14.0. The van der Waals surface area contributed by atoms with Crippen LogP contribution in [0.3, 0.4) is 0 Å². The number of rotatable bonds is 8. The summed E-state index contributed by atoms with van der Waals surface area (Å²) in [7, 11) is 2.10. The molecule has 1 amide bonds. The van der Waals surface area contributed by atoms with Gasteiger partial charge in [-0.25, -0.2) is 0 Å². The van der Waals surface area contributed by atoms with Gasteiger partial charge in [-0.3, -0.25) is 19.5 Å². The number of likely N-dealkylation sites (tertiary alicyclic amines) is 1. The second-order valence-corrected chi connectivity index (χ2v) is 11.6. The number of aryl methyl sites for hydroxylation is 1. The average molecular weight is 542 g/mol. The van der Waals surface area contributed by atoms with E-state index < -0.39 is 5.54 Å². The second-order valence-electron chi connectivity index (χ2n) is 10.6. The zero-order chi connectivity index (χ0) is 27.1. The number of Topliss-reactive ketones (excluding diaryl/α,β-unsaturated/α-hetero) is 1. The molecule has 2 aliphatic rings. The van der Waals surface area contributed by atoms with Crippen molar-refractivity contribution in [2.75, 3.05) is 33.4 Å². The van der Waals surface area contributed by atoms with Crippen LogP contribution in [0.2, 0.25) is 0 Å². The lowest BCUT2D eigenvalue weighted by molar-refractivity contribution is -0.0726. The Morgan fingerprint density at radius 2 is 2.03 bits per heavy atom. The number of hydrogen-bond donors (Lipinski definition) is 1. The number of likely N-dealkylation sites (N-methyl/N-ethyl adjacent to an activating group) is 1. The van der Waals surface area contributed by atoms with Gasteiger partial charge in [0.15, 0.2) is 5.78 Å². The van der Waals surface area contributed by atoms with Crippen molar-refractivity contribution in [2.24, 2.45) is 0 Å². The largest absolute Gasteiger partial charge is 0.492 e. The first-order valence-electron chi connectivity index (χ1n) is 13.2. The van der Waals surface area contributed by atoms with Crippen molar-refractivity contribution in [3.05, 3.63) is 82.4 Å². The summed E-state index contributed by atoms with van der Waals surface area (Å²) in [4.78, 5) is 34.2. The van der Waals surface area contributed by atoms with E-state index >= 15 is 0 Å². The molecule has 7 nitrogen and oxygen atoms in total. The number of hydrogen-bond acceptors (Lipinski definition) is 7. The molecule has 0 radical (unpaired) electrons. The predicted octanol–water partition coefficient (Wildman–Crippen LogP) is 5.21. The molecule has 1 atom stereocenters. The van der Waals surface area contributed by atoms with Gasteiger partial charge in [-0.05, 0) is 93.0 Å². The zero-order valence-corrected chi connectivity index (χ0v) is 23.1. The van der Waals surface area contributed by atoms with Gasteiger partial charge in [0.05, 0.1) is 23.6 Å². The van der Waals surface area contributed by atoms with Crippen molar-refractivity contribution in [2.45, 2.75) is 31.8 Å². The highest BCUT2D eigenvalue weighted by atomic mass is 32.1. The molecule has 39 heavy (non-hydrogen) atoms. The normalized spacial score (nSPS) is 18.3. The van der Waals surface area contributed by atoms with Crippen molar-refractivity contribution in [3.63, 3.8) is 0 Å². The summed E-state index contributed by atoms with van der Waals surface area (Å²) < 4.78 is 11.7. The monoisotopic (exact) mass is 541 g/mol. The fourth-order valence-corrected chi connectivity index (χ4v) is 6.09. The van der Waals surface area contributed by atoms with E-state index in [1.165, 1.54) is 11.3 Å². The third-order valence-electron chi connectivity index (χ3n) is 7.86. The number of ketones is 1. The Hall–Kier alpha value is -3.59. The number of ether oxygens (including phenoxy) is 2. The molecule has 0 spiro atoms. The van der Waals surface area contributed by atoms with Crippen molar-refractivity contribution >= 4 is 33.9 Å². The lowest BCUT2D eigenvalue weighted by atomic mass is 9.83. The molecule has 0 saturated carbocycles. The zero-order valence-electron chi connectivity index (χ0n) is 22.3. The van der Waals surface area contributed by atoms with Gasteiger partial charge in [-0.15, -0.1) is 11.3 Å². The van der Waals surface area contributed by atoms with Crippen LogP contribution >= 0.6 is 11.3 Å². The van der Waals surface area contributed by atoms with E-state index in [1.807, 2.05) is 55.5 Å². The van der Waals surface area contributed by atoms with E-state index in [2.05, 4.69) is 28.3 Å². The lowest BCUT2D eigenvalue weighted by Gasteiger charge is -2.43. The summed E-state index contributed by atoms with van der Waals surface area (Å²) in [5.74, 6) is 0.572. The molecule has 2 saturated heterocycles. The number of amides is 1. The molecule has 0 unspecified atom stereocenters. The summed E-state index contributed by atoms with van der Waals surface area (Å²) >= 11 is 1.46.